The molecule has 0 spiro atoms. The molecule has 0 radical (unpaired) electrons. The van der Waals surface area contributed by atoms with Gasteiger partial charge in [0, 0.05) is 16.9 Å². The quantitative estimate of drug-likeness (QED) is 0.836. The number of rotatable bonds is 4. The summed E-state index contributed by atoms with van der Waals surface area (Å²) in [6.07, 6.45) is 1.97. The molecule has 0 aliphatic rings. The monoisotopic (exact) mass is 295 g/mol. The summed E-state index contributed by atoms with van der Waals surface area (Å²) in [6, 6.07) is 3.81. The third kappa shape index (κ3) is 4.87. The Morgan fingerprint density at radius 2 is 2.20 bits per heavy atom. The predicted octanol–water partition coefficient (Wildman–Crippen LogP) is 2.04. The maximum absolute atomic E-state index is 13.2. The highest BCUT2D eigenvalue weighted by Gasteiger charge is 2.18. The van der Waals surface area contributed by atoms with Gasteiger partial charge in [-0.3, -0.25) is 4.79 Å². The van der Waals surface area contributed by atoms with E-state index in [9.17, 15) is 9.18 Å². The topological polar surface area (TPSA) is 49.3 Å². The molecule has 5 heteroatoms. The van der Waals surface area contributed by atoms with E-state index in [1.54, 1.807) is 11.8 Å². The predicted molar refractivity (Wildman–Crippen MR) is 80.3 cm³/mol. The van der Waals surface area contributed by atoms with E-state index in [0.29, 0.717) is 12.1 Å². The lowest BCUT2D eigenvalue weighted by Gasteiger charge is -2.22. The van der Waals surface area contributed by atoms with Gasteiger partial charge in [-0.25, -0.2) is 4.39 Å². The highest BCUT2D eigenvalue weighted by atomic mass is 32.2. The van der Waals surface area contributed by atoms with Gasteiger partial charge in [0.15, 0.2) is 0 Å². The first-order valence-corrected chi connectivity index (χ1v) is 7.35. The van der Waals surface area contributed by atoms with Crippen molar-refractivity contribution in [2.45, 2.75) is 18.6 Å². The fraction of sp³-hybridized carbons (Fsp3) is 0.400. The van der Waals surface area contributed by atoms with Crippen molar-refractivity contribution in [3.63, 3.8) is 0 Å². The summed E-state index contributed by atoms with van der Waals surface area (Å²) in [6.45, 7) is 4.21. The Bertz CT molecular complexity index is 547. The highest BCUT2D eigenvalue weighted by molar-refractivity contribution is 7.99. The van der Waals surface area contributed by atoms with Gasteiger partial charge in [0.05, 0.1) is 5.56 Å². The first-order valence-electron chi connectivity index (χ1n) is 6.12. The van der Waals surface area contributed by atoms with E-state index >= 15 is 0 Å². The van der Waals surface area contributed by atoms with Crippen LogP contribution in [0.25, 0.3) is 0 Å². The normalized spacial score (nSPS) is 10.7. The molecular formula is C15H18FNO2S. The molecule has 1 aromatic carbocycles. The number of nitrogens with one attached hydrogen (secondary N) is 1. The maximum atomic E-state index is 13.2. The fourth-order valence-corrected chi connectivity index (χ4v) is 1.63. The van der Waals surface area contributed by atoms with Crippen molar-refractivity contribution in [2.75, 3.05) is 19.4 Å². The van der Waals surface area contributed by atoms with Gasteiger partial charge in [0.25, 0.3) is 5.91 Å². The molecular weight excluding hydrogens is 277 g/mol. The second-order valence-corrected chi connectivity index (χ2v) is 6.31. The van der Waals surface area contributed by atoms with Crippen molar-refractivity contribution >= 4 is 17.7 Å². The molecule has 0 saturated heterocycles. The van der Waals surface area contributed by atoms with E-state index in [4.69, 9.17) is 5.11 Å². The standard InChI is InChI=1S/C15H18FNO2S/c1-15(2,20-3)10-17-14(19)13-7-6-12(16)9-11(13)5-4-8-18/h6-7,9,18H,8,10H2,1-3H3,(H,17,19). The molecule has 0 unspecified atom stereocenters. The molecule has 0 aliphatic heterocycles. The third-order valence-electron chi connectivity index (χ3n) is 2.76. The van der Waals surface area contributed by atoms with Crippen molar-refractivity contribution in [1.29, 1.82) is 0 Å². The van der Waals surface area contributed by atoms with Gasteiger partial charge in [0.2, 0.25) is 0 Å². The minimum absolute atomic E-state index is 0.0768. The van der Waals surface area contributed by atoms with Crippen LogP contribution in [0.5, 0.6) is 0 Å². The molecule has 0 aromatic heterocycles. The van der Waals surface area contributed by atoms with Gasteiger partial charge in [-0.1, -0.05) is 11.8 Å². The van der Waals surface area contributed by atoms with Crippen LogP contribution in [0, 0.1) is 17.7 Å². The lowest BCUT2D eigenvalue weighted by Crippen LogP contribution is -2.36. The number of halogens is 1. The smallest absolute Gasteiger partial charge is 0.252 e. The van der Waals surface area contributed by atoms with E-state index in [1.165, 1.54) is 18.2 Å². The Morgan fingerprint density at radius 1 is 1.50 bits per heavy atom. The lowest BCUT2D eigenvalue weighted by atomic mass is 10.1. The lowest BCUT2D eigenvalue weighted by molar-refractivity contribution is 0.0950. The summed E-state index contributed by atoms with van der Waals surface area (Å²) < 4.78 is 13.1. The molecule has 20 heavy (non-hydrogen) atoms. The first kappa shape index (κ1) is 16.5. The van der Waals surface area contributed by atoms with Crippen LogP contribution in [0.2, 0.25) is 0 Å². The molecule has 1 amide bonds. The van der Waals surface area contributed by atoms with Crippen molar-refractivity contribution in [3.8, 4) is 11.8 Å². The van der Waals surface area contributed by atoms with E-state index in [-0.39, 0.29) is 22.8 Å². The highest BCUT2D eigenvalue weighted by Crippen LogP contribution is 2.20. The molecule has 1 aromatic rings. The average molecular weight is 295 g/mol. The molecule has 0 bridgehead atoms. The molecule has 0 atom stereocenters. The molecule has 1 rings (SSSR count). The second kappa shape index (κ2) is 7.32. The summed E-state index contributed by atoms with van der Waals surface area (Å²) in [5, 5.41) is 11.5. The van der Waals surface area contributed by atoms with E-state index < -0.39 is 5.82 Å². The number of hydrogen-bond acceptors (Lipinski definition) is 3. The molecule has 2 N–H and O–H groups in total. The van der Waals surface area contributed by atoms with Crippen LogP contribution in [-0.4, -0.2) is 35.2 Å². The zero-order valence-electron chi connectivity index (χ0n) is 11.8. The largest absolute Gasteiger partial charge is 0.384 e. The second-order valence-electron chi connectivity index (χ2n) is 4.80. The summed E-state index contributed by atoms with van der Waals surface area (Å²) in [5.41, 5.74) is 0.586. The summed E-state index contributed by atoms with van der Waals surface area (Å²) in [5.74, 6) is 4.25. The summed E-state index contributed by atoms with van der Waals surface area (Å²) in [7, 11) is 0. The minimum atomic E-state index is -0.465. The first-order chi connectivity index (χ1) is 9.39. The number of hydrogen-bond donors (Lipinski definition) is 2. The van der Waals surface area contributed by atoms with Gasteiger partial charge < -0.3 is 10.4 Å². The minimum Gasteiger partial charge on any atom is -0.384 e. The van der Waals surface area contributed by atoms with Crippen molar-refractivity contribution in [2.24, 2.45) is 0 Å². The van der Waals surface area contributed by atoms with Crippen LogP contribution in [-0.2, 0) is 0 Å². The van der Waals surface area contributed by atoms with Crippen molar-refractivity contribution in [1.82, 2.24) is 5.32 Å². The zero-order chi connectivity index (χ0) is 15.2. The number of carbonyl (C=O) groups is 1. The number of aliphatic hydroxyl groups is 1. The van der Waals surface area contributed by atoms with Crippen LogP contribution < -0.4 is 5.32 Å². The maximum Gasteiger partial charge on any atom is 0.252 e. The third-order valence-corrected chi connectivity index (χ3v) is 4.01. The number of aliphatic hydroxyl groups excluding tert-OH is 1. The fourth-order valence-electron chi connectivity index (χ4n) is 1.41. The Kier molecular flexibility index (Phi) is 6.05. The average Bonchev–Trinajstić information content (AvgIpc) is 2.42. The van der Waals surface area contributed by atoms with Gasteiger partial charge in [-0.05, 0) is 38.3 Å². The van der Waals surface area contributed by atoms with Crippen molar-refractivity contribution in [3.05, 3.63) is 35.1 Å². The van der Waals surface area contributed by atoms with Crippen LogP contribution in [0.1, 0.15) is 29.8 Å². The zero-order valence-corrected chi connectivity index (χ0v) is 12.6. The molecule has 0 saturated carbocycles. The van der Waals surface area contributed by atoms with E-state index in [0.717, 1.165) is 0 Å². The SMILES string of the molecule is CSC(C)(C)CNC(=O)c1ccc(F)cc1C#CCO. The van der Waals surface area contributed by atoms with E-state index in [1.807, 2.05) is 20.1 Å². The van der Waals surface area contributed by atoms with E-state index in [2.05, 4.69) is 17.2 Å². The van der Waals surface area contributed by atoms with Crippen LogP contribution in [0.15, 0.2) is 18.2 Å². The van der Waals surface area contributed by atoms with Gasteiger partial charge in [-0.2, -0.15) is 11.8 Å². The Morgan fingerprint density at radius 3 is 2.80 bits per heavy atom. The van der Waals surface area contributed by atoms with Gasteiger partial charge in [0.1, 0.15) is 12.4 Å². The summed E-state index contributed by atoms with van der Waals surface area (Å²) >= 11 is 1.65. The van der Waals surface area contributed by atoms with Gasteiger partial charge >= 0.3 is 0 Å². The number of amides is 1. The van der Waals surface area contributed by atoms with Crippen LogP contribution in [0.3, 0.4) is 0 Å². The molecule has 0 aliphatic carbocycles. The molecule has 0 fully saturated rings. The Balaban J connectivity index is 2.92. The molecule has 108 valence electrons. The van der Waals surface area contributed by atoms with Crippen molar-refractivity contribution < 1.29 is 14.3 Å². The van der Waals surface area contributed by atoms with Gasteiger partial charge in [-0.15, -0.1) is 0 Å². The number of thioether (sulfide) groups is 1. The number of carbonyl (C=O) groups excluding carboxylic acids is 1. The summed E-state index contributed by atoms with van der Waals surface area (Å²) in [4.78, 5) is 12.1. The molecule has 3 nitrogen and oxygen atoms in total. The van der Waals surface area contributed by atoms with Crippen LogP contribution >= 0.6 is 11.8 Å². The van der Waals surface area contributed by atoms with Crippen LogP contribution in [0.4, 0.5) is 4.39 Å². The molecule has 0 heterocycles. The number of benzene rings is 1. The Hall–Kier alpha value is -1.51. The Labute approximate surface area is 123 Å².